The van der Waals surface area contributed by atoms with Gasteiger partial charge in [-0.15, -0.1) is 0 Å². The normalized spacial score (nSPS) is 26.2. The summed E-state index contributed by atoms with van der Waals surface area (Å²) in [6.45, 7) is 6.97. The summed E-state index contributed by atoms with van der Waals surface area (Å²) in [5.74, 6) is -0.248. The fourth-order valence-electron chi connectivity index (χ4n) is 2.43. The third-order valence-corrected chi connectivity index (χ3v) is 3.41. The van der Waals surface area contributed by atoms with Crippen molar-refractivity contribution in [3.63, 3.8) is 0 Å². The molecule has 0 aromatic rings. The van der Waals surface area contributed by atoms with Crippen molar-refractivity contribution in [2.24, 2.45) is 0 Å². The maximum absolute atomic E-state index is 12.4. The molecule has 2 heterocycles. The third-order valence-electron chi connectivity index (χ3n) is 3.41. The molecule has 1 aliphatic carbocycles. The number of carbonyl (C=O) groups excluding carboxylic acids is 2. The molecule has 3 rings (SSSR count). The van der Waals surface area contributed by atoms with E-state index in [9.17, 15) is 9.59 Å². The first kappa shape index (κ1) is 15.8. The Kier molecular flexibility index (Phi) is 4.56. The number of hydroxylamine groups is 2. The summed E-state index contributed by atoms with van der Waals surface area (Å²) in [5.41, 5.74) is -0.590. The van der Waals surface area contributed by atoms with Crippen LogP contribution in [0.1, 0.15) is 47.0 Å². The van der Waals surface area contributed by atoms with E-state index >= 15 is 0 Å². The highest BCUT2D eigenvalue weighted by Crippen LogP contribution is 2.26. The predicted octanol–water partition coefficient (Wildman–Crippen LogP) is 2.15. The molecule has 2 aliphatic heterocycles. The first-order valence-corrected chi connectivity index (χ1v) is 7.44. The number of nitrogens with zero attached hydrogens (tertiary/aromatic N) is 1. The summed E-state index contributed by atoms with van der Waals surface area (Å²) in [6, 6.07) is -0.730. The van der Waals surface area contributed by atoms with E-state index in [1.165, 1.54) is 5.06 Å². The van der Waals surface area contributed by atoms with Crippen molar-refractivity contribution < 1.29 is 19.2 Å². The number of nitrogens with one attached hydrogen (secondary N) is 1. The molecule has 1 saturated heterocycles. The van der Waals surface area contributed by atoms with Gasteiger partial charge in [0.15, 0.2) is 0 Å². The Hall–Kier alpha value is -1.56. The van der Waals surface area contributed by atoms with Crippen LogP contribution in [-0.4, -0.2) is 40.9 Å². The van der Waals surface area contributed by atoms with Crippen LogP contribution in [0.4, 0.5) is 4.79 Å². The Morgan fingerprint density at radius 2 is 2.05 bits per heavy atom. The zero-order valence-electron chi connectivity index (χ0n) is 13.1. The Morgan fingerprint density at radius 1 is 1.33 bits per heavy atom. The first-order chi connectivity index (χ1) is 9.76. The van der Waals surface area contributed by atoms with Crippen LogP contribution in [0.5, 0.6) is 0 Å². The summed E-state index contributed by atoms with van der Waals surface area (Å²) in [4.78, 5) is 29.8. The van der Waals surface area contributed by atoms with Gasteiger partial charge in [-0.1, -0.05) is 12.2 Å². The highest BCUT2D eigenvalue weighted by molar-refractivity contribution is 5.85. The van der Waals surface area contributed by atoms with Crippen molar-refractivity contribution in [2.75, 3.05) is 0 Å². The van der Waals surface area contributed by atoms with Gasteiger partial charge >= 0.3 is 6.09 Å². The second-order valence-electron chi connectivity index (χ2n) is 6.56. The van der Waals surface area contributed by atoms with E-state index in [-0.39, 0.29) is 18.1 Å². The van der Waals surface area contributed by atoms with E-state index in [0.717, 1.165) is 19.3 Å². The van der Waals surface area contributed by atoms with Gasteiger partial charge in [-0.3, -0.25) is 9.63 Å². The molecule has 0 aromatic carbocycles. The zero-order valence-corrected chi connectivity index (χ0v) is 13.1. The van der Waals surface area contributed by atoms with Crippen molar-refractivity contribution in [3.8, 4) is 0 Å². The monoisotopic (exact) mass is 296 g/mol. The lowest BCUT2D eigenvalue weighted by atomic mass is 10.1. The zero-order chi connectivity index (χ0) is 15.6. The first-order valence-electron chi connectivity index (χ1n) is 7.44. The topological polar surface area (TPSA) is 67.9 Å². The van der Waals surface area contributed by atoms with Crippen molar-refractivity contribution >= 4 is 12.0 Å². The van der Waals surface area contributed by atoms with Crippen LogP contribution in [0, 0.1) is 0 Å². The van der Waals surface area contributed by atoms with Crippen LogP contribution in [0.15, 0.2) is 12.2 Å². The molecule has 6 nitrogen and oxygen atoms in total. The van der Waals surface area contributed by atoms with Crippen LogP contribution >= 0.6 is 0 Å². The summed E-state index contributed by atoms with van der Waals surface area (Å²) in [5, 5.41) is 3.96. The number of hydrogen-bond acceptors (Lipinski definition) is 4. The van der Waals surface area contributed by atoms with Crippen molar-refractivity contribution in [1.29, 1.82) is 0 Å². The predicted molar refractivity (Wildman–Crippen MR) is 77.3 cm³/mol. The summed E-state index contributed by atoms with van der Waals surface area (Å²) in [6.07, 6.45) is 6.22. The molecule has 21 heavy (non-hydrogen) atoms. The lowest BCUT2D eigenvalue weighted by Crippen LogP contribution is -2.52. The second kappa shape index (κ2) is 6.05. The van der Waals surface area contributed by atoms with Gasteiger partial charge in [0.2, 0.25) is 0 Å². The number of hydrogen-bond donors (Lipinski definition) is 1. The lowest BCUT2D eigenvalue weighted by Gasteiger charge is -2.33. The Bertz CT molecular complexity index is 441. The molecule has 0 radical (unpaired) electrons. The summed E-state index contributed by atoms with van der Waals surface area (Å²) >= 11 is 0. The lowest BCUT2D eigenvalue weighted by molar-refractivity contribution is -0.209. The maximum Gasteiger partial charge on any atom is 0.408 e. The van der Waals surface area contributed by atoms with Crippen molar-refractivity contribution in [3.05, 3.63) is 12.2 Å². The molecule has 3 atom stereocenters. The molecule has 6 heteroatoms. The van der Waals surface area contributed by atoms with E-state index in [1.54, 1.807) is 27.7 Å². The van der Waals surface area contributed by atoms with Crippen LogP contribution < -0.4 is 5.32 Å². The SMILES string of the molecule is C[C@H](NC(=O)OC(C)(C)C)C(=O)N1O[C@@H]2C=C[C@H]1CCC2. The largest absolute Gasteiger partial charge is 0.444 e. The number of alkyl carbamates (subject to hydrolysis) is 1. The number of amides is 2. The van der Waals surface area contributed by atoms with Crippen molar-refractivity contribution in [1.82, 2.24) is 10.4 Å². The third kappa shape index (κ3) is 4.20. The van der Waals surface area contributed by atoms with Gasteiger partial charge in [-0.05, 0) is 47.0 Å². The molecular weight excluding hydrogens is 272 g/mol. The molecule has 0 spiro atoms. The molecule has 2 amide bonds. The van der Waals surface area contributed by atoms with Gasteiger partial charge in [0, 0.05) is 0 Å². The van der Waals surface area contributed by atoms with Crippen molar-refractivity contribution in [2.45, 2.75) is 70.7 Å². The molecule has 0 unspecified atom stereocenters. The standard InChI is InChI=1S/C15H24N2O4/c1-10(16-14(19)20-15(2,3)4)13(18)17-11-6-5-7-12(21-17)9-8-11/h8-12H,5-7H2,1-4H3,(H,16,19)/t10-,11+,12-/m0/s1. The van der Waals surface area contributed by atoms with E-state index in [1.807, 2.05) is 12.2 Å². The summed E-state index contributed by atoms with van der Waals surface area (Å²) in [7, 11) is 0. The van der Waals surface area contributed by atoms with E-state index in [0.29, 0.717) is 0 Å². The quantitative estimate of drug-likeness (QED) is 0.793. The van der Waals surface area contributed by atoms with E-state index in [4.69, 9.17) is 9.57 Å². The molecule has 1 fully saturated rings. The molecule has 0 aromatic heterocycles. The molecular formula is C15H24N2O4. The van der Waals surface area contributed by atoms with Gasteiger partial charge in [-0.2, -0.15) is 0 Å². The van der Waals surface area contributed by atoms with Crippen LogP contribution in [0.25, 0.3) is 0 Å². The Labute approximate surface area is 125 Å². The summed E-state index contributed by atoms with van der Waals surface area (Å²) < 4.78 is 5.16. The minimum absolute atomic E-state index is 0.0403. The maximum atomic E-state index is 12.4. The molecule has 2 bridgehead atoms. The van der Waals surface area contributed by atoms with Gasteiger partial charge in [0.05, 0.1) is 6.04 Å². The minimum Gasteiger partial charge on any atom is -0.444 e. The highest BCUT2D eigenvalue weighted by Gasteiger charge is 2.35. The number of rotatable bonds is 2. The Morgan fingerprint density at radius 3 is 2.71 bits per heavy atom. The number of ether oxygens (including phenoxy) is 1. The number of carbonyl (C=O) groups is 2. The van der Waals surface area contributed by atoms with E-state index < -0.39 is 17.7 Å². The fraction of sp³-hybridized carbons (Fsp3) is 0.733. The molecule has 0 saturated carbocycles. The molecule has 3 aliphatic rings. The second-order valence-corrected chi connectivity index (χ2v) is 6.56. The van der Waals surface area contributed by atoms with Crippen LogP contribution in [0.2, 0.25) is 0 Å². The van der Waals surface area contributed by atoms with Gasteiger partial charge in [-0.25, -0.2) is 9.86 Å². The Balaban J connectivity index is 1.93. The molecule has 1 N–H and O–H groups in total. The average Bonchev–Trinajstić information content (AvgIpc) is 2.70. The van der Waals surface area contributed by atoms with Gasteiger partial charge in [0.1, 0.15) is 17.7 Å². The fourth-order valence-corrected chi connectivity index (χ4v) is 2.43. The van der Waals surface area contributed by atoms with Gasteiger partial charge in [0.25, 0.3) is 5.91 Å². The van der Waals surface area contributed by atoms with Crippen LogP contribution in [-0.2, 0) is 14.4 Å². The minimum atomic E-state index is -0.687. The van der Waals surface area contributed by atoms with Crippen LogP contribution in [0.3, 0.4) is 0 Å². The average molecular weight is 296 g/mol. The molecule has 118 valence electrons. The van der Waals surface area contributed by atoms with Gasteiger partial charge < -0.3 is 10.1 Å². The smallest absolute Gasteiger partial charge is 0.408 e. The highest BCUT2D eigenvalue weighted by atomic mass is 16.7. The number of fused-ring (bicyclic) bond motifs is 3. The van der Waals surface area contributed by atoms with E-state index in [2.05, 4.69) is 5.32 Å².